The summed E-state index contributed by atoms with van der Waals surface area (Å²) in [6, 6.07) is 10.9. The first-order valence-electron chi connectivity index (χ1n) is 7.01. The van der Waals surface area contributed by atoms with E-state index in [4.69, 9.17) is 0 Å². The molecule has 112 valence electrons. The van der Waals surface area contributed by atoms with Crippen molar-refractivity contribution in [2.75, 3.05) is 5.75 Å². The molecule has 0 aliphatic heterocycles. The Morgan fingerprint density at radius 2 is 1.52 bits per heavy atom. The molecule has 0 atom stereocenters. The third kappa shape index (κ3) is 4.14. The van der Waals surface area contributed by atoms with Crippen LogP contribution in [0.1, 0.15) is 31.9 Å². The highest BCUT2D eigenvalue weighted by atomic mass is 32.2. The molecule has 2 rings (SSSR count). The van der Waals surface area contributed by atoms with Crippen molar-refractivity contribution in [3.63, 3.8) is 0 Å². The number of rotatable bonds is 4. The molecule has 0 spiro atoms. The molecule has 0 fully saturated rings. The summed E-state index contributed by atoms with van der Waals surface area (Å²) in [7, 11) is -3.24. The third-order valence-corrected chi connectivity index (χ3v) is 5.22. The van der Waals surface area contributed by atoms with Crippen molar-refractivity contribution in [2.45, 2.75) is 37.5 Å². The maximum Gasteiger partial charge on any atom is 0.178 e. The number of nitrogens with zero attached hydrogens (tertiary/aromatic N) is 1. The van der Waals surface area contributed by atoms with Gasteiger partial charge in [0.05, 0.1) is 10.6 Å². The van der Waals surface area contributed by atoms with Crippen molar-refractivity contribution in [2.24, 2.45) is 0 Å². The highest BCUT2D eigenvalue weighted by Gasteiger charge is 2.17. The molecule has 0 aliphatic carbocycles. The Bertz CT molecular complexity index is 684. The molecule has 0 saturated carbocycles. The molecule has 0 saturated heterocycles. The summed E-state index contributed by atoms with van der Waals surface area (Å²) in [5.74, 6) is 0.117. The summed E-state index contributed by atoms with van der Waals surface area (Å²) in [4.78, 5) is 4.32. The van der Waals surface area contributed by atoms with Gasteiger partial charge >= 0.3 is 0 Å². The number of aryl methyl sites for hydroxylation is 1. The Hall–Kier alpha value is -1.68. The van der Waals surface area contributed by atoms with Gasteiger partial charge in [-0.3, -0.25) is 4.98 Å². The SMILES string of the molecule is CC(C)(C)c1ccc(S(=O)(=O)CCc2ccncc2)cc1. The van der Waals surface area contributed by atoms with E-state index in [1.807, 2.05) is 24.3 Å². The van der Waals surface area contributed by atoms with Gasteiger partial charge in [0.1, 0.15) is 0 Å². The smallest absolute Gasteiger partial charge is 0.178 e. The molecule has 0 radical (unpaired) electrons. The second-order valence-electron chi connectivity index (χ2n) is 6.20. The molecule has 0 N–H and O–H groups in total. The van der Waals surface area contributed by atoms with Crippen molar-refractivity contribution in [1.82, 2.24) is 4.98 Å². The quantitative estimate of drug-likeness (QED) is 0.869. The third-order valence-electron chi connectivity index (χ3n) is 3.49. The standard InChI is InChI=1S/C17H21NO2S/c1-17(2,3)15-4-6-16(7-5-15)21(19,20)13-10-14-8-11-18-12-9-14/h4-9,11-12H,10,13H2,1-3H3. The molecular formula is C17H21NO2S. The number of hydrogen-bond acceptors (Lipinski definition) is 3. The number of aromatic nitrogens is 1. The van der Waals surface area contributed by atoms with Crippen LogP contribution in [0.5, 0.6) is 0 Å². The van der Waals surface area contributed by atoms with Crippen LogP contribution in [0.15, 0.2) is 53.7 Å². The summed E-state index contributed by atoms with van der Waals surface area (Å²) in [5.41, 5.74) is 2.15. The van der Waals surface area contributed by atoms with Crippen molar-refractivity contribution in [1.29, 1.82) is 0 Å². The van der Waals surface area contributed by atoms with Gasteiger partial charge in [0.2, 0.25) is 0 Å². The first kappa shape index (κ1) is 15.7. The van der Waals surface area contributed by atoms with Crippen molar-refractivity contribution in [3.8, 4) is 0 Å². The molecule has 1 aromatic carbocycles. The van der Waals surface area contributed by atoms with E-state index in [2.05, 4.69) is 25.8 Å². The van der Waals surface area contributed by atoms with E-state index in [0.29, 0.717) is 11.3 Å². The van der Waals surface area contributed by atoms with Gasteiger partial charge in [-0.05, 0) is 47.2 Å². The highest BCUT2D eigenvalue weighted by Crippen LogP contribution is 2.24. The normalized spacial score (nSPS) is 12.3. The lowest BCUT2D eigenvalue weighted by Crippen LogP contribution is -2.13. The molecule has 0 amide bonds. The second-order valence-corrected chi connectivity index (χ2v) is 8.31. The van der Waals surface area contributed by atoms with E-state index in [1.165, 1.54) is 0 Å². The first-order valence-corrected chi connectivity index (χ1v) is 8.66. The maximum atomic E-state index is 12.4. The zero-order chi connectivity index (χ0) is 15.5. The molecule has 0 bridgehead atoms. The molecule has 21 heavy (non-hydrogen) atoms. The summed E-state index contributed by atoms with van der Waals surface area (Å²) >= 11 is 0. The molecular weight excluding hydrogens is 282 g/mol. The number of benzene rings is 1. The van der Waals surface area contributed by atoms with E-state index < -0.39 is 9.84 Å². The molecule has 3 nitrogen and oxygen atoms in total. The average Bonchev–Trinajstić information content (AvgIpc) is 2.46. The summed E-state index contributed by atoms with van der Waals surface area (Å²) < 4.78 is 24.7. The zero-order valence-corrected chi connectivity index (χ0v) is 13.5. The van der Waals surface area contributed by atoms with Crippen LogP contribution >= 0.6 is 0 Å². The summed E-state index contributed by atoms with van der Waals surface area (Å²) in [5, 5.41) is 0. The minimum Gasteiger partial charge on any atom is -0.265 e. The lowest BCUT2D eigenvalue weighted by Gasteiger charge is -2.19. The highest BCUT2D eigenvalue weighted by molar-refractivity contribution is 7.91. The first-order chi connectivity index (χ1) is 9.79. The number of pyridine rings is 1. The average molecular weight is 303 g/mol. The topological polar surface area (TPSA) is 47.0 Å². The Morgan fingerprint density at radius 3 is 2.05 bits per heavy atom. The van der Waals surface area contributed by atoms with Gasteiger partial charge in [0, 0.05) is 12.4 Å². The zero-order valence-electron chi connectivity index (χ0n) is 12.7. The van der Waals surface area contributed by atoms with Gasteiger partial charge in [-0.25, -0.2) is 8.42 Å². The van der Waals surface area contributed by atoms with Crippen LogP contribution in [0.25, 0.3) is 0 Å². The fourth-order valence-corrected chi connectivity index (χ4v) is 3.37. The number of sulfone groups is 1. The van der Waals surface area contributed by atoms with Crippen molar-refractivity contribution in [3.05, 3.63) is 59.9 Å². The van der Waals surface area contributed by atoms with Crippen LogP contribution in [-0.2, 0) is 21.7 Å². The van der Waals surface area contributed by atoms with Gasteiger partial charge in [-0.1, -0.05) is 32.9 Å². The van der Waals surface area contributed by atoms with E-state index in [-0.39, 0.29) is 11.2 Å². The summed E-state index contributed by atoms with van der Waals surface area (Å²) in [6.45, 7) is 6.33. The minimum absolute atomic E-state index is 0.0271. The van der Waals surface area contributed by atoms with Crippen molar-refractivity contribution >= 4 is 9.84 Å². The van der Waals surface area contributed by atoms with Gasteiger partial charge in [0.25, 0.3) is 0 Å². The fourth-order valence-electron chi connectivity index (χ4n) is 2.08. The van der Waals surface area contributed by atoms with E-state index >= 15 is 0 Å². The van der Waals surface area contributed by atoms with Crippen LogP contribution in [0.2, 0.25) is 0 Å². The summed E-state index contributed by atoms with van der Waals surface area (Å²) in [6.07, 6.45) is 3.87. The Labute approximate surface area is 127 Å². The van der Waals surface area contributed by atoms with Crippen LogP contribution in [0, 0.1) is 0 Å². The van der Waals surface area contributed by atoms with Crippen LogP contribution in [0.4, 0.5) is 0 Å². The second kappa shape index (κ2) is 5.98. The van der Waals surface area contributed by atoms with Crippen LogP contribution in [0.3, 0.4) is 0 Å². The van der Waals surface area contributed by atoms with Crippen LogP contribution < -0.4 is 0 Å². The van der Waals surface area contributed by atoms with Gasteiger partial charge in [0.15, 0.2) is 9.84 Å². The molecule has 2 aromatic rings. The lowest BCUT2D eigenvalue weighted by atomic mass is 9.87. The number of hydrogen-bond donors (Lipinski definition) is 0. The van der Waals surface area contributed by atoms with E-state index in [1.54, 1.807) is 24.5 Å². The van der Waals surface area contributed by atoms with Gasteiger partial charge in [-0.15, -0.1) is 0 Å². The Balaban J connectivity index is 2.13. The maximum absolute atomic E-state index is 12.4. The molecule has 0 unspecified atom stereocenters. The van der Waals surface area contributed by atoms with Crippen LogP contribution in [-0.4, -0.2) is 19.2 Å². The van der Waals surface area contributed by atoms with Gasteiger partial charge < -0.3 is 0 Å². The fraction of sp³-hybridized carbons (Fsp3) is 0.353. The largest absolute Gasteiger partial charge is 0.265 e. The molecule has 1 heterocycles. The Morgan fingerprint density at radius 1 is 0.952 bits per heavy atom. The van der Waals surface area contributed by atoms with Gasteiger partial charge in [-0.2, -0.15) is 0 Å². The minimum atomic E-state index is -3.24. The van der Waals surface area contributed by atoms with E-state index in [9.17, 15) is 8.42 Å². The molecule has 4 heteroatoms. The predicted octanol–water partition coefficient (Wildman–Crippen LogP) is 3.40. The van der Waals surface area contributed by atoms with Crippen molar-refractivity contribution < 1.29 is 8.42 Å². The van der Waals surface area contributed by atoms with E-state index in [0.717, 1.165) is 11.1 Å². The monoisotopic (exact) mass is 303 g/mol. The molecule has 1 aromatic heterocycles. The Kier molecular flexibility index (Phi) is 4.47. The predicted molar refractivity (Wildman–Crippen MR) is 85.1 cm³/mol. The lowest BCUT2D eigenvalue weighted by molar-refractivity contribution is 0.586. The molecule has 0 aliphatic rings.